The maximum absolute atomic E-state index is 13.2. The van der Waals surface area contributed by atoms with Gasteiger partial charge in [0.25, 0.3) is 0 Å². The maximum atomic E-state index is 13.2. The van der Waals surface area contributed by atoms with Crippen molar-refractivity contribution in [3.05, 3.63) is 53.5 Å². The second-order valence-corrected chi connectivity index (χ2v) is 8.17. The highest BCUT2D eigenvalue weighted by atomic mass is 32.2. The van der Waals surface area contributed by atoms with Crippen molar-refractivity contribution in [2.75, 3.05) is 17.3 Å². The quantitative estimate of drug-likeness (QED) is 0.394. The van der Waals surface area contributed by atoms with Crippen LogP contribution in [-0.2, 0) is 11.0 Å². The molecule has 0 aliphatic heterocycles. The molecule has 2 heterocycles. The Bertz CT molecular complexity index is 962. The average Bonchev–Trinajstić information content (AvgIpc) is 3.21. The fraction of sp³-hybridized carbons (Fsp3) is 0.167. The van der Waals surface area contributed by atoms with Gasteiger partial charge in [-0.3, -0.25) is 4.79 Å². The summed E-state index contributed by atoms with van der Waals surface area (Å²) in [6.45, 7) is 0. The molecule has 1 N–H and O–H groups in total. The predicted octanol–water partition coefficient (Wildman–Crippen LogP) is 5.68. The van der Waals surface area contributed by atoms with Crippen molar-refractivity contribution >= 4 is 46.5 Å². The maximum Gasteiger partial charge on any atom is 0.433 e. The second kappa shape index (κ2) is 8.97. The Labute approximate surface area is 172 Å². The molecule has 0 aliphatic rings. The number of hydrogen-bond acceptors (Lipinski definition) is 6. The van der Waals surface area contributed by atoms with E-state index in [2.05, 4.69) is 15.3 Å². The topological polar surface area (TPSA) is 54.9 Å². The Balaban J connectivity index is 1.76. The number of thioether (sulfide) groups is 2. The molecule has 0 unspecified atom stereocenters. The number of anilines is 1. The van der Waals surface area contributed by atoms with E-state index in [4.69, 9.17) is 0 Å². The van der Waals surface area contributed by atoms with Gasteiger partial charge in [0.15, 0.2) is 5.16 Å². The van der Waals surface area contributed by atoms with Crippen molar-refractivity contribution in [2.24, 2.45) is 0 Å². The van der Waals surface area contributed by atoms with Crippen LogP contribution in [0.25, 0.3) is 10.6 Å². The van der Waals surface area contributed by atoms with Gasteiger partial charge in [0.05, 0.1) is 22.0 Å². The first-order valence-corrected chi connectivity index (χ1v) is 11.0. The third-order valence-corrected chi connectivity index (χ3v) is 6.02. The third kappa shape index (κ3) is 5.27. The fourth-order valence-corrected chi connectivity index (χ4v) is 4.15. The number of aromatic nitrogens is 2. The lowest BCUT2D eigenvalue weighted by Gasteiger charge is -2.11. The molecule has 0 saturated carbocycles. The molecule has 2 aromatic heterocycles. The van der Waals surface area contributed by atoms with Crippen molar-refractivity contribution in [1.29, 1.82) is 0 Å². The van der Waals surface area contributed by atoms with E-state index >= 15 is 0 Å². The molecule has 0 spiro atoms. The highest BCUT2D eigenvalue weighted by Gasteiger charge is 2.34. The molecule has 10 heteroatoms. The number of hydrogen-bond donors (Lipinski definition) is 1. The van der Waals surface area contributed by atoms with E-state index in [0.29, 0.717) is 10.6 Å². The molecule has 28 heavy (non-hydrogen) atoms. The number of thiophene rings is 1. The van der Waals surface area contributed by atoms with Crippen LogP contribution in [0, 0.1) is 0 Å². The molecule has 1 aromatic carbocycles. The minimum absolute atomic E-state index is 0.0912. The Kier molecular flexibility index (Phi) is 6.63. The summed E-state index contributed by atoms with van der Waals surface area (Å²) < 4.78 is 39.5. The molecule has 3 aromatic rings. The number of alkyl halides is 3. The number of carbonyl (C=O) groups is 1. The van der Waals surface area contributed by atoms with Gasteiger partial charge in [0.2, 0.25) is 5.91 Å². The number of carbonyl (C=O) groups excluding carboxylic acids is 1. The van der Waals surface area contributed by atoms with Crippen LogP contribution in [0.2, 0.25) is 0 Å². The summed E-state index contributed by atoms with van der Waals surface area (Å²) in [5.41, 5.74) is -0.181. The number of nitrogens with zero attached hydrogens (tertiary/aromatic N) is 2. The fourth-order valence-electron chi connectivity index (χ4n) is 2.25. The van der Waals surface area contributed by atoms with Crippen LogP contribution in [0.3, 0.4) is 0 Å². The summed E-state index contributed by atoms with van der Waals surface area (Å²) in [5.74, 6) is -0.446. The lowest BCUT2D eigenvalue weighted by atomic mass is 10.3. The molecular weight excluding hydrogens is 427 g/mol. The number of nitrogens with one attached hydrogen (secondary N) is 1. The Morgan fingerprint density at radius 1 is 1.18 bits per heavy atom. The minimum atomic E-state index is -4.59. The largest absolute Gasteiger partial charge is 0.433 e. The highest BCUT2D eigenvalue weighted by molar-refractivity contribution is 7.99. The lowest BCUT2D eigenvalue weighted by molar-refractivity contribution is -0.141. The SMILES string of the molecule is CSc1ccccc1NC(=O)CSc1nc(-c2cccs2)cc(C(F)(F)F)n1. The molecule has 4 nitrogen and oxygen atoms in total. The van der Waals surface area contributed by atoms with Crippen LogP contribution in [0.1, 0.15) is 5.69 Å². The van der Waals surface area contributed by atoms with E-state index in [1.807, 2.05) is 18.4 Å². The van der Waals surface area contributed by atoms with E-state index in [1.165, 1.54) is 23.1 Å². The van der Waals surface area contributed by atoms with E-state index in [9.17, 15) is 18.0 Å². The zero-order chi connectivity index (χ0) is 20.1. The molecule has 0 radical (unpaired) electrons. The van der Waals surface area contributed by atoms with Crippen molar-refractivity contribution in [3.63, 3.8) is 0 Å². The minimum Gasteiger partial charge on any atom is -0.324 e. The van der Waals surface area contributed by atoms with Crippen molar-refractivity contribution in [2.45, 2.75) is 16.2 Å². The normalized spacial score (nSPS) is 11.4. The molecule has 0 aliphatic carbocycles. The Morgan fingerprint density at radius 2 is 1.96 bits per heavy atom. The van der Waals surface area contributed by atoms with Crippen LogP contribution in [-0.4, -0.2) is 27.9 Å². The van der Waals surface area contributed by atoms with Crippen LogP contribution >= 0.6 is 34.9 Å². The first-order valence-electron chi connectivity index (χ1n) is 7.92. The van der Waals surface area contributed by atoms with Gasteiger partial charge >= 0.3 is 6.18 Å². The van der Waals surface area contributed by atoms with E-state index in [-0.39, 0.29) is 22.5 Å². The summed E-state index contributed by atoms with van der Waals surface area (Å²) in [4.78, 5) is 21.5. The van der Waals surface area contributed by atoms with Crippen LogP contribution < -0.4 is 5.32 Å². The van der Waals surface area contributed by atoms with E-state index in [0.717, 1.165) is 22.7 Å². The first-order chi connectivity index (χ1) is 13.4. The van der Waals surface area contributed by atoms with Crippen LogP contribution in [0.5, 0.6) is 0 Å². The number of para-hydroxylation sites is 1. The summed E-state index contributed by atoms with van der Waals surface area (Å²) in [5, 5.41) is 4.43. The molecule has 146 valence electrons. The number of rotatable bonds is 6. The molecule has 1 amide bonds. The van der Waals surface area contributed by atoms with Crippen molar-refractivity contribution in [1.82, 2.24) is 9.97 Å². The Hall–Kier alpha value is -2.04. The van der Waals surface area contributed by atoms with Gasteiger partial charge in [-0.2, -0.15) is 13.2 Å². The highest BCUT2D eigenvalue weighted by Crippen LogP contribution is 2.33. The molecular formula is C18H14F3N3OS3. The number of halogens is 3. The molecule has 0 bridgehead atoms. The average molecular weight is 442 g/mol. The van der Waals surface area contributed by atoms with Gasteiger partial charge < -0.3 is 5.32 Å². The van der Waals surface area contributed by atoms with Crippen molar-refractivity contribution < 1.29 is 18.0 Å². The standard InChI is InChI=1S/C18H14F3N3OS3/c1-26-13-6-3-2-5-11(13)22-16(25)10-28-17-23-12(14-7-4-8-27-14)9-15(24-17)18(19,20)21/h2-9H,10H2,1H3,(H,22,25). The summed E-state index contributed by atoms with van der Waals surface area (Å²) in [6, 6.07) is 11.6. The van der Waals surface area contributed by atoms with Gasteiger partial charge in [0, 0.05) is 4.90 Å². The monoisotopic (exact) mass is 441 g/mol. The molecule has 3 rings (SSSR count). The molecule has 0 saturated heterocycles. The van der Waals surface area contributed by atoms with Crippen molar-refractivity contribution in [3.8, 4) is 10.6 Å². The summed E-state index contributed by atoms with van der Waals surface area (Å²) >= 11 is 3.64. The number of amides is 1. The van der Waals surface area contributed by atoms with Gasteiger partial charge in [-0.25, -0.2) is 9.97 Å². The summed E-state index contributed by atoms with van der Waals surface area (Å²) in [6.07, 6.45) is -2.70. The smallest absolute Gasteiger partial charge is 0.324 e. The predicted molar refractivity (Wildman–Crippen MR) is 108 cm³/mol. The van der Waals surface area contributed by atoms with Crippen LogP contribution in [0.4, 0.5) is 18.9 Å². The van der Waals surface area contributed by atoms with Gasteiger partial charge in [-0.15, -0.1) is 23.1 Å². The second-order valence-electron chi connectivity index (χ2n) is 5.43. The number of benzene rings is 1. The summed E-state index contributed by atoms with van der Waals surface area (Å²) in [7, 11) is 0. The van der Waals surface area contributed by atoms with Gasteiger partial charge in [-0.1, -0.05) is 30.0 Å². The van der Waals surface area contributed by atoms with Gasteiger partial charge in [0.1, 0.15) is 5.69 Å². The third-order valence-electron chi connectivity index (χ3n) is 3.48. The molecule has 0 fully saturated rings. The molecule has 0 atom stereocenters. The van der Waals surface area contributed by atoms with Gasteiger partial charge in [-0.05, 0) is 35.9 Å². The van der Waals surface area contributed by atoms with E-state index < -0.39 is 11.9 Å². The zero-order valence-corrected chi connectivity index (χ0v) is 16.9. The first kappa shape index (κ1) is 20.7. The lowest BCUT2D eigenvalue weighted by Crippen LogP contribution is -2.15. The zero-order valence-electron chi connectivity index (χ0n) is 14.5. The Morgan fingerprint density at radius 3 is 2.64 bits per heavy atom. The van der Waals surface area contributed by atoms with Crippen LogP contribution in [0.15, 0.2) is 57.9 Å². The van der Waals surface area contributed by atoms with E-state index in [1.54, 1.807) is 29.6 Å².